The molecule has 1 aliphatic heterocycles. The Bertz CT molecular complexity index is 488. The van der Waals surface area contributed by atoms with Crippen molar-refractivity contribution in [1.82, 2.24) is 4.90 Å². The number of rotatable bonds is 4. The highest BCUT2D eigenvalue weighted by Crippen LogP contribution is 2.27. The first-order valence-electron chi connectivity index (χ1n) is 8.16. The highest BCUT2D eigenvalue weighted by Gasteiger charge is 2.26. The minimum absolute atomic E-state index is 0.178. The lowest BCUT2D eigenvalue weighted by molar-refractivity contribution is 0.0668. The van der Waals surface area contributed by atoms with Crippen molar-refractivity contribution in [2.75, 3.05) is 25.0 Å². The van der Waals surface area contributed by atoms with Gasteiger partial charge < -0.3 is 10.2 Å². The summed E-state index contributed by atoms with van der Waals surface area (Å²) >= 11 is 0. The van der Waals surface area contributed by atoms with E-state index < -0.39 is 0 Å². The van der Waals surface area contributed by atoms with Crippen molar-refractivity contribution >= 4 is 11.6 Å². The van der Waals surface area contributed by atoms with E-state index in [9.17, 15) is 4.79 Å². The second-order valence-electron chi connectivity index (χ2n) is 6.45. The smallest absolute Gasteiger partial charge is 0.255 e. The highest BCUT2D eigenvalue weighted by atomic mass is 16.2. The number of hydrogen-bond acceptors (Lipinski definition) is 2. The second-order valence-corrected chi connectivity index (χ2v) is 6.45. The molecule has 0 aromatic heterocycles. The largest absolute Gasteiger partial charge is 0.385 e. The van der Waals surface area contributed by atoms with Crippen LogP contribution in [0.25, 0.3) is 0 Å². The van der Waals surface area contributed by atoms with Gasteiger partial charge in [-0.1, -0.05) is 25.5 Å². The van der Waals surface area contributed by atoms with Crippen LogP contribution in [0.5, 0.6) is 0 Å². The van der Waals surface area contributed by atoms with Crippen LogP contribution in [0, 0.1) is 18.8 Å². The molecule has 1 aromatic carbocycles. The van der Waals surface area contributed by atoms with E-state index in [4.69, 9.17) is 0 Å². The number of amides is 1. The van der Waals surface area contributed by atoms with Crippen molar-refractivity contribution in [3.63, 3.8) is 0 Å². The SMILES string of the molecule is CCNc1ccc(C)cc1C(=O)N1CCC(C(C)C)CC1. The van der Waals surface area contributed by atoms with Crippen molar-refractivity contribution < 1.29 is 4.79 Å². The fraction of sp³-hybridized carbons (Fsp3) is 0.611. The summed E-state index contributed by atoms with van der Waals surface area (Å²) in [6.45, 7) is 11.3. The molecule has 1 N–H and O–H groups in total. The molecule has 0 saturated carbocycles. The zero-order valence-electron chi connectivity index (χ0n) is 13.8. The zero-order valence-corrected chi connectivity index (χ0v) is 13.8. The van der Waals surface area contributed by atoms with E-state index in [0.717, 1.165) is 61.1 Å². The number of likely N-dealkylation sites (tertiary alicyclic amines) is 1. The van der Waals surface area contributed by atoms with E-state index in [1.54, 1.807) is 0 Å². The molecule has 1 amide bonds. The maximum absolute atomic E-state index is 12.8. The molecule has 0 spiro atoms. The molecule has 116 valence electrons. The Balaban J connectivity index is 2.12. The predicted molar refractivity (Wildman–Crippen MR) is 88.8 cm³/mol. The average molecular weight is 288 g/mol. The van der Waals surface area contributed by atoms with E-state index in [-0.39, 0.29) is 5.91 Å². The number of hydrogen-bond donors (Lipinski definition) is 1. The fourth-order valence-corrected chi connectivity index (χ4v) is 3.12. The van der Waals surface area contributed by atoms with Gasteiger partial charge in [0.1, 0.15) is 0 Å². The molecule has 1 heterocycles. The van der Waals surface area contributed by atoms with Gasteiger partial charge >= 0.3 is 0 Å². The van der Waals surface area contributed by atoms with Crippen molar-refractivity contribution in [1.29, 1.82) is 0 Å². The molecular weight excluding hydrogens is 260 g/mol. The van der Waals surface area contributed by atoms with Crippen LogP contribution in [0.3, 0.4) is 0 Å². The average Bonchev–Trinajstić information content (AvgIpc) is 2.48. The van der Waals surface area contributed by atoms with Crippen molar-refractivity contribution in [3.05, 3.63) is 29.3 Å². The summed E-state index contributed by atoms with van der Waals surface area (Å²) < 4.78 is 0. The van der Waals surface area contributed by atoms with E-state index in [1.165, 1.54) is 0 Å². The molecule has 1 aliphatic rings. The lowest BCUT2D eigenvalue weighted by Gasteiger charge is -2.34. The van der Waals surface area contributed by atoms with Gasteiger partial charge in [-0.2, -0.15) is 0 Å². The quantitative estimate of drug-likeness (QED) is 0.910. The lowest BCUT2D eigenvalue weighted by atomic mass is 9.86. The van der Waals surface area contributed by atoms with Crippen LogP contribution >= 0.6 is 0 Å². The van der Waals surface area contributed by atoms with Crippen LogP contribution in [-0.2, 0) is 0 Å². The number of aryl methyl sites for hydroxylation is 1. The minimum atomic E-state index is 0.178. The topological polar surface area (TPSA) is 32.3 Å². The third-order valence-electron chi connectivity index (χ3n) is 4.54. The number of benzene rings is 1. The molecule has 1 aromatic rings. The summed E-state index contributed by atoms with van der Waals surface area (Å²) in [6, 6.07) is 6.08. The van der Waals surface area contributed by atoms with Gasteiger partial charge in [0, 0.05) is 25.3 Å². The maximum Gasteiger partial charge on any atom is 0.255 e. The zero-order chi connectivity index (χ0) is 15.4. The van der Waals surface area contributed by atoms with Crippen LogP contribution < -0.4 is 5.32 Å². The number of nitrogens with zero attached hydrogens (tertiary/aromatic N) is 1. The summed E-state index contributed by atoms with van der Waals surface area (Å²) in [4.78, 5) is 14.8. The molecule has 0 atom stereocenters. The number of carbonyl (C=O) groups excluding carboxylic acids is 1. The third-order valence-corrected chi connectivity index (χ3v) is 4.54. The first-order chi connectivity index (χ1) is 10.0. The number of carbonyl (C=O) groups is 1. The molecular formula is C18H28N2O. The molecule has 1 saturated heterocycles. The van der Waals surface area contributed by atoms with Crippen LogP contribution in [0.2, 0.25) is 0 Å². The van der Waals surface area contributed by atoms with Gasteiger partial charge in [-0.25, -0.2) is 0 Å². The summed E-state index contributed by atoms with van der Waals surface area (Å²) in [6.07, 6.45) is 2.26. The molecule has 0 bridgehead atoms. The Morgan fingerprint density at radius 1 is 1.33 bits per heavy atom. The van der Waals surface area contributed by atoms with Gasteiger partial charge in [-0.05, 0) is 50.7 Å². The van der Waals surface area contributed by atoms with Crippen LogP contribution in [0.15, 0.2) is 18.2 Å². The van der Waals surface area contributed by atoms with Crippen molar-refractivity contribution in [3.8, 4) is 0 Å². The minimum Gasteiger partial charge on any atom is -0.385 e. The van der Waals surface area contributed by atoms with Crippen molar-refractivity contribution in [2.45, 2.75) is 40.5 Å². The standard InChI is InChI=1S/C18H28N2O/c1-5-19-17-7-6-14(4)12-16(17)18(21)20-10-8-15(9-11-20)13(2)3/h6-7,12-13,15,19H,5,8-11H2,1-4H3. The van der Waals surface area contributed by atoms with Gasteiger partial charge in [0.05, 0.1) is 5.56 Å². The Morgan fingerprint density at radius 2 is 2.00 bits per heavy atom. The molecule has 1 fully saturated rings. The Hall–Kier alpha value is -1.51. The van der Waals surface area contributed by atoms with Crippen molar-refractivity contribution in [2.24, 2.45) is 11.8 Å². The maximum atomic E-state index is 12.8. The molecule has 3 nitrogen and oxygen atoms in total. The Labute approximate surface area is 128 Å². The van der Waals surface area contributed by atoms with E-state index in [0.29, 0.717) is 0 Å². The van der Waals surface area contributed by atoms with Gasteiger partial charge in [-0.3, -0.25) is 4.79 Å². The molecule has 0 radical (unpaired) electrons. The van der Waals surface area contributed by atoms with E-state index in [1.807, 2.05) is 24.0 Å². The normalized spacial score (nSPS) is 16.3. The molecule has 2 rings (SSSR count). The summed E-state index contributed by atoms with van der Waals surface area (Å²) in [5.41, 5.74) is 2.91. The summed E-state index contributed by atoms with van der Waals surface area (Å²) in [5, 5.41) is 3.30. The molecule has 3 heteroatoms. The highest BCUT2D eigenvalue weighted by molar-refractivity contribution is 5.99. The fourth-order valence-electron chi connectivity index (χ4n) is 3.12. The summed E-state index contributed by atoms with van der Waals surface area (Å²) in [5.74, 6) is 1.66. The molecule has 0 aliphatic carbocycles. The molecule has 0 unspecified atom stereocenters. The molecule has 21 heavy (non-hydrogen) atoms. The first kappa shape index (κ1) is 15.9. The number of anilines is 1. The Kier molecular flexibility index (Phi) is 5.27. The van der Waals surface area contributed by atoms with Crippen LogP contribution in [0.4, 0.5) is 5.69 Å². The number of piperidine rings is 1. The van der Waals surface area contributed by atoms with Gasteiger partial charge in [-0.15, -0.1) is 0 Å². The first-order valence-corrected chi connectivity index (χ1v) is 8.16. The van der Waals surface area contributed by atoms with Gasteiger partial charge in [0.2, 0.25) is 0 Å². The predicted octanol–water partition coefficient (Wildman–Crippen LogP) is 3.94. The van der Waals surface area contributed by atoms with Crippen LogP contribution in [-0.4, -0.2) is 30.4 Å². The second kappa shape index (κ2) is 6.97. The van der Waals surface area contributed by atoms with Gasteiger partial charge in [0.25, 0.3) is 5.91 Å². The van der Waals surface area contributed by atoms with Crippen LogP contribution in [0.1, 0.15) is 49.5 Å². The number of nitrogens with one attached hydrogen (secondary N) is 1. The third kappa shape index (κ3) is 3.78. The summed E-state index contributed by atoms with van der Waals surface area (Å²) in [7, 11) is 0. The lowest BCUT2D eigenvalue weighted by Crippen LogP contribution is -2.39. The monoisotopic (exact) mass is 288 g/mol. The van der Waals surface area contributed by atoms with E-state index in [2.05, 4.69) is 32.2 Å². The van der Waals surface area contributed by atoms with E-state index >= 15 is 0 Å². The Morgan fingerprint density at radius 3 is 2.57 bits per heavy atom. The van der Waals surface area contributed by atoms with Gasteiger partial charge in [0.15, 0.2) is 0 Å².